The molecule has 1 aliphatic heterocycles. The van der Waals surface area contributed by atoms with E-state index in [4.69, 9.17) is 5.73 Å². The first-order valence-corrected chi connectivity index (χ1v) is 8.61. The van der Waals surface area contributed by atoms with Crippen LogP contribution in [0.2, 0.25) is 0 Å². The monoisotopic (exact) mass is 312 g/mol. The van der Waals surface area contributed by atoms with Crippen LogP contribution >= 0.6 is 0 Å². The SMILES string of the molecule is CNS(=O)(=O)c1ccc(N)c(N2CCCN(C)CC2C)c1. The molecule has 0 spiro atoms. The summed E-state index contributed by atoms with van der Waals surface area (Å²) in [6, 6.07) is 5.16. The van der Waals surface area contributed by atoms with Crippen LogP contribution in [-0.2, 0) is 10.0 Å². The van der Waals surface area contributed by atoms with Crippen molar-refractivity contribution >= 4 is 21.4 Å². The third-order valence-corrected chi connectivity index (χ3v) is 5.35. The molecular weight excluding hydrogens is 288 g/mol. The van der Waals surface area contributed by atoms with E-state index in [2.05, 4.69) is 28.5 Å². The number of rotatable bonds is 3. The number of nitrogens with zero attached hydrogens (tertiary/aromatic N) is 2. The summed E-state index contributed by atoms with van der Waals surface area (Å²) in [5, 5.41) is 0. The van der Waals surface area contributed by atoms with Gasteiger partial charge in [-0.25, -0.2) is 13.1 Å². The van der Waals surface area contributed by atoms with Gasteiger partial charge in [-0.3, -0.25) is 0 Å². The van der Waals surface area contributed by atoms with Crippen molar-refractivity contribution in [3.63, 3.8) is 0 Å². The van der Waals surface area contributed by atoms with Gasteiger partial charge in [-0.2, -0.15) is 0 Å². The van der Waals surface area contributed by atoms with E-state index in [0.29, 0.717) is 5.69 Å². The number of benzene rings is 1. The second kappa shape index (κ2) is 6.21. The van der Waals surface area contributed by atoms with Gasteiger partial charge in [0, 0.05) is 19.1 Å². The number of sulfonamides is 1. The van der Waals surface area contributed by atoms with Crippen LogP contribution in [0.15, 0.2) is 23.1 Å². The molecule has 0 aliphatic carbocycles. The van der Waals surface area contributed by atoms with Crippen LogP contribution in [0.25, 0.3) is 0 Å². The first-order valence-electron chi connectivity index (χ1n) is 7.13. The predicted molar refractivity (Wildman–Crippen MR) is 86.0 cm³/mol. The minimum atomic E-state index is -3.46. The van der Waals surface area contributed by atoms with E-state index in [-0.39, 0.29) is 10.9 Å². The number of nitrogens with one attached hydrogen (secondary N) is 1. The van der Waals surface area contributed by atoms with Gasteiger partial charge in [0.05, 0.1) is 16.3 Å². The molecule has 1 aromatic rings. The van der Waals surface area contributed by atoms with Crippen LogP contribution in [0.3, 0.4) is 0 Å². The zero-order valence-electron chi connectivity index (χ0n) is 12.8. The zero-order chi connectivity index (χ0) is 15.6. The Hall–Kier alpha value is -1.31. The number of hydrogen-bond acceptors (Lipinski definition) is 5. The van der Waals surface area contributed by atoms with E-state index in [1.165, 1.54) is 7.05 Å². The summed E-state index contributed by atoms with van der Waals surface area (Å²) in [4.78, 5) is 4.74. The fourth-order valence-corrected chi connectivity index (χ4v) is 3.54. The van der Waals surface area contributed by atoms with Gasteiger partial charge < -0.3 is 15.5 Å². The van der Waals surface area contributed by atoms with Crippen molar-refractivity contribution in [2.45, 2.75) is 24.3 Å². The summed E-state index contributed by atoms with van der Waals surface area (Å²) >= 11 is 0. The van der Waals surface area contributed by atoms with E-state index >= 15 is 0 Å². The molecule has 1 saturated heterocycles. The number of nitrogen functional groups attached to an aromatic ring is 1. The topological polar surface area (TPSA) is 78.7 Å². The molecule has 21 heavy (non-hydrogen) atoms. The van der Waals surface area contributed by atoms with Gasteiger partial charge in [-0.1, -0.05) is 0 Å². The normalized spacial score (nSPS) is 21.3. The summed E-state index contributed by atoms with van der Waals surface area (Å²) in [7, 11) is 0.0579. The highest BCUT2D eigenvalue weighted by Crippen LogP contribution is 2.29. The maximum atomic E-state index is 12.0. The minimum Gasteiger partial charge on any atom is -0.397 e. The molecule has 0 bridgehead atoms. The number of nitrogens with two attached hydrogens (primary N) is 1. The van der Waals surface area contributed by atoms with Crippen LogP contribution in [0.4, 0.5) is 11.4 Å². The Morgan fingerprint density at radius 2 is 2.05 bits per heavy atom. The van der Waals surface area contributed by atoms with Crippen molar-refractivity contribution in [2.75, 3.05) is 44.4 Å². The first kappa shape index (κ1) is 16.1. The first-order chi connectivity index (χ1) is 9.85. The predicted octanol–water partition coefficient (Wildman–Crippen LogP) is 0.707. The molecule has 1 unspecified atom stereocenters. The van der Waals surface area contributed by atoms with Crippen molar-refractivity contribution in [3.8, 4) is 0 Å². The summed E-state index contributed by atoms with van der Waals surface area (Å²) in [6.45, 7) is 4.98. The highest BCUT2D eigenvalue weighted by Gasteiger charge is 2.23. The minimum absolute atomic E-state index is 0.249. The summed E-state index contributed by atoms with van der Waals surface area (Å²) < 4.78 is 26.3. The smallest absolute Gasteiger partial charge is 0.240 e. The lowest BCUT2D eigenvalue weighted by Crippen LogP contribution is -2.38. The lowest BCUT2D eigenvalue weighted by Gasteiger charge is -2.31. The summed E-state index contributed by atoms with van der Waals surface area (Å²) in [5.74, 6) is 0. The van der Waals surface area contributed by atoms with Gasteiger partial charge >= 0.3 is 0 Å². The van der Waals surface area contributed by atoms with Crippen LogP contribution < -0.4 is 15.4 Å². The molecule has 7 heteroatoms. The van der Waals surface area contributed by atoms with Crippen LogP contribution in [0.1, 0.15) is 13.3 Å². The van der Waals surface area contributed by atoms with E-state index < -0.39 is 10.0 Å². The lowest BCUT2D eigenvalue weighted by atomic mass is 10.2. The lowest BCUT2D eigenvalue weighted by molar-refractivity contribution is 0.337. The Bertz CT molecular complexity index is 603. The number of likely N-dealkylation sites (N-methyl/N-ethyl adjacent to an activating group) is 1. The standard InChI is InChI=1S/C14H24N4O2S/c1-11-10-17(3)7-4-8-18(11)14-9-12(5-6-13(14)15)21(19,20)16-2/h5-6,9,11,16H,4,7-8,10,15H2,1-3H3. The van der Waals surface area contributed by atoms with Crippen molar-refractivity contribution in [1.82, 2.24) is 9.62 Å². The molecule has 0 saturated carbocycles. The Morgan fingerprint density at radius 1 is 1.33 bits per heavy atom. The van der Waals surface area contributed by atoms with Gasteiger partial charge in [0.15, 0.2) is 0 Å². The van der Waals surface area contributed by atoms with Gasteiger partial charge in [0.25, 0.3) is 0 Å². The molecule has 3 N–H and O–H groups in total. The molecule has 1 heterocycles. The average molecular weight is 312 g/mol. The van der Waals surface area contributed by atoms with Crippen LogP contribution in [-0.4, -0.2) is 53.1 Å². The molecule has 0 radical (unpaired) electrons. The average Bonchev–Trinajstić information content (AvgIpc) is 2.60. The van der Waals surface area contributed by atoms with Gasteiger partial charge in [0.2, 0.25) is 10.0 Å². The Balaban J connectivity index is 2.40. The molecule has 1 atom stereocenters. The van der Waals surface area contributed by atoms with Crippen molar-refractivity contribution in [2.24, 2.45) is 0 Å². The van der Waals surface area contributed by atoms with Gasteiger partial charge in [0.1, 0.15) is 0 Å². The molecule has 1 fully saturated rings. The molecule has 2 rings (SSSR count). The summed E-state index contributed by atoms with van der Waals surface area (Å²) in [6.07, 6.45) is 1.03. The quantitative estimate of drug-likeness (QED) is 0.804. The molecule has 118 valence electrons. The maximum Gasteiger partial charge on any atom is 0.240 e. The Kier molecular flexibility index (Phi) is 4.75. The van der Waals surface area contributed by atoms with Crippen LogP contribution in [0, 0.1) is 0 Å². The third-order valence-electron chi connectivity index (χ3n) is 3.94. The molecule has 1 aromatic carbocycles. The number of hydrogen-bond donors (Lipinski definition) is 2. The Morgan fingerprint density at radius 3 is 2.71 bits per heavy atom. The third kappa shape index (κ3) is 3.48. The summed E-state index contributed by atoms with van der Waals surface area (Å²) in [5.41, 5.74) is 7.49. The van der Waals surface area contributed by atoms with E-state index in [0.717, 1.165) is 31.7 Å². The second-order valence-corrected chi connectivity index (χ2v) is 7.47. The zero-order valence-corrected chi connectivity index (χ0v) is 13.7. The fraction of sp³-hybridized carbons (Fsp3) is 0.571. The molecule has 1 aliphatic rings. The second-order valence-electron chi connectivity index (χ2n) is 5.59. The van der Waals surface area contributed by atoms with Crippen LogP contribution in [0.5, 0.6) is 0 Å². The van der Waals surface area contributed by atoms with E-state index in [1.807, 2.05) is 0 Å². The molecular formula is C14H24N4O2S. The molecule has 0 aromatic heterocycles. The van der Waals surface area contributed by atoms with Gasteiger partial charge in [-0.05, 0) is 52.2 Å². The highest BCUT2D eigenvalue weighted by molar-refractivity contribution is 7.89. The Labute approximate surface area is 127 Å². The van der Waals surface area contributed by atoms with E-state index in [9.17, 15) is 8.42 Å². The highest BCUT2D eigenvalue weighted by atomic mass is 32.2. The van der Waals surface area contributed by atoms with E-state index in [1.54, 1.807) is 18.2 Å². The largest absolute Gasteiger partial charge is 0.397 e. The van der Waals surface area contributed by atoms with Gasteiger partial charge in [-0.15, -0.1) is 0 Å². The van der Waals surface area contributed by atoms with Crippen molar-refractivity contribution in [1.29, 1.82) is 0 Å². The van der Waals surface area contributed by atoms with Crippen molar-refractivity contribution < 1.29 is 8.42 Å². The molecule has 6 nitrogen and oxygen atoms in total. The van der Waals surface area contributed by atoms with Crippen molar-refractivity contribution in [3.05, 3.63) is 18.2 Å². The fourth-order valence-electron chi connectivity index (χ4n) is 2.79. The number of anilines is 2. The maximum absolute atomic E-state index is 12.0. The molecule has 0 amide bonds.